The molecule has 1 unspecified atom stereocenters. The van der Waals surface area contributed by atoms with Crippen LogP contribution in [0.1, 0.15) is 31.7 Å². The largest absolute Gasteiger partial charge is 0.314 e. The molecule has 1 amide bonds. The molecule has 2 rings (SSSR count). The number of rotatable bonds is 4. The van der Waals surface area contributed by atoms with Gasteiger partial charge in [0.15, 0.2) is 0 Å². The highest BCUT2D eigenvalue weighted by atomic mass is 127. The van der Waals surface area contributed by atoms with Crippen LogP contribution in [0.25, 0.3) is 0 Å². The van der Waals surface area contributed by atoms with E-state index in [2.05, 4.69) is 35.6 Å². The SMILES string of the molecule is CCCCC1(CI)C(=O)N(C)c2ccccc21. The van der Waals surface area contributed by atoms with E-state index in [1.54, 1.807) is 0 Å². The summed E-state index contributed by atoms with van der Waals surface area (Å²) >= 11 is 2.36. The highest BCUT2D eigenvalue weighted by molar-refractivity contribution is 14.1. The summed E-state index contributed by atoms with van der Waals surface area (Å²) in [5, 5.41) is 0. The van der Waals surface area contributed by atoms with Gasteiger partial charge in [0, 0.05) is 17.2 Å². The van der Waals surface area contributed by atoms with Crippen LogP contribution in [0.5, 0.6) is 0 Å². The minimum Gasteiger partial charge on any atom is -0.314 e. The van der Waals surface area contributed by atoms with Gasteiger partial charge in [0.05, 0.1) is 5.41 Å². The summed E-state index contributed by atoms with van der Waals surface area (Å²) in [6.07, 6.45) is 3.21. The minimum atomic E-state index is -0.276. The molecule has 0 aromatic heterocycles. The van der Waals surface area contributed by atoms with Gasteiger partial charge in [0.1, 0.15) is 0 Å². The fourth-order valence-corrected chi connectivity index (χ4v) is 3.75. The van der Waals surface area contributed by atoms with E-state index in [1.165, 1.54) is 5.56 Å². The van der Waals surface area contributed by atoms with Gasteiger partial charge in [-0.2, -0.15) is 0 Å². The number of hydrogen-bond acceptors (Lipinski definition) is 1. The Hall–Kier alpha value is -0.580. The third-order valence-corrected chi connectivity index (χ3v) is 4.98. The predicted octanol–water partition coefficient (Wildman–Crippen LogP) is 3.53. The molecule has 3 heteroatoms. The van der Waals surface area contributed by atoms with Crippen LogP contribution >= 0.6 is 22.6 Å². The lowest BCUT2D eigenvalue weighted by molar-refractivity contribution is -0.122. The van der Waals surface area contributed by atoms with E-state index in [0.717, 1.165) is 29.4 Å². The second-order valence-corrected chi connectivity index (χ2v) is 5.46. The van der Waals surface area contributed by atoms with Crippen LogP contribution in [0.15, 0.2) is 24.3 Å². The smallest absolute Gasteiger partial charge is 0.238 e. The summed E-state index contributed by atoms with van der Waals surface area (Å²) in [6, 6.07) is 8.21. The van der Waals surface area contributed by atoms with E-state index < -0.39 is 0 Å². The number of para-hydroxylation sites is 1. The molecule has 0 bridgehead atoms. The summed E-state index contributed by atoms with van der Waals surface area (Å²) in [6.45, 7) is 2.18. The molecular formula is C14H18INO. The molecule has 0 saturated heterocycles. The molecule has 0 radical (unpaired) electrons. The number of carbonyl (C=O) groups is 1. The first kappa shape index (κ1) is 12.9. The van der Waals surface area contributed by atoms with Crippen molar-refractivity contribution < 1.29 is 4.79 Å². The van der Waals surface area contributed by atoms with E-state index in [9.17, 15) is 4.79 Å². The maximum Gasteiger partial charge on any atom is 0.238 e. The van der Waals surface area contributed by atoms with E-state index in [-0.39, 0.29) is 11.3 Å². The molecule has 1 heterocycles. The van der Waals surface area contributed by atoms with Crippen LogP contribution in [-0.4, -0.2) is 17.4 Å². The number of benzene rings is 1. The second-order valence-electron chi connectivity index (χ2n) is 4.70. The molecule has 0 N–H and O–H groups in total. The molecule has 0 fully saturated rings. The van der Waals surface area contributed by atoms with Crippen LogP contribution in [-0.2, 0) is 10.2 Å². The highest BCUT2D eigenvalue weighted by Gasteiger charge is 2.47. The molecule has 2 nitrogen and oxygen atoms in total. The number of hydrogen-bond donors (Lipinski definition) is 0. The Labute approximate surface area is 117 Å². The zero-order valence-corrected chi connectivity index (χ0v) is 12.5. The van der Waals surface area contributed by atoms with Crippen molar-refractivity contribution in [3.63, 3.8) is 0 Å². The summed E-state index contributed by atoms with van der Waals surface area (Å²) in [5.74, 6) is 0.265. The Morgan fingerprint density at radius 3 is 2.71 bits per heavy atom. The summed E-state index contributed by atoms with van der Waals surface area (Å²) < 4.78 is 0.866. The van der Waals surface area contributed by atoms with Crippen molar-refractivity contribution in [1.82, 2.24) is 0 Å². The molecule has 0 aliphatic carbocycles. The minimum absolute atomic E-state index is 0.265. The third kappa shape index (κ3) is 1.88. The molecule has 0 saturated carbocycles. The monoisotopic (exact) mass is 343 g/mol. The lowest BCUT2D eigenvalue weighted by Crippen LogP contribution is -2.40. The quantitative estimate of drug-likeness (QED) is 0.605. The number of likely N-dealkylation sites (N-methyl/N-ethyl adjacent to an activating group) is 1. The van der Waals surface area contributed by atoms with E-state index >= 15 is 0 Å². The summed E-state index contributed by atoms with van der Waals surface area (Å²) in [5.41, 5.74) is 2.03. The molecule has 1 aliphatic heterocycles. The van der Waals surface area contributed by atoms with Crippen LogP contribution < -0.4 is 4.90 Å². The average Bonchev–Trinajstić information content (AvgIpc) is 2.59. The predicted molar refractivity (Wildman–Crippen MR) is 79.9 cm³/mol. The van der Waals surface area contributed by atoms with Crippen molar-refractivity contribution >= 4 is 34.2 Å². The number of halogens is 1. The fourth-order valence-electron chi connectivity index (χ4n) is 2.63. The zero-order valence-electron chi connectivity index (χ0n) is 10.4. The molecule has 1 aliphatic rings. The van der Waals surface area contributed by atoms with Crippen molar-refractivity contribution in [3.8, 4) is 0 Å². The van der Waals surface area contributed by atoms with Gasteiger partial charge < -0.3 is 4.90 Å². The van der Waals surface area contributed by atoms with Crippen molar-refractivity contribution in [2.24, 2.45) is 0 Å². The van der Waals surface area contributed by atoms with Crippen LogP contribution in [0.4, 0.5) is 5.69 Å². The van der Waals surface area contributed by atoms with Gasteiger partial charge in [0.25, 0.3) is 0 Å². The number of anilines is 1. The van der Waals surface area contributed by atoms with E-state index in [0.29, 0.717) is 0 Å². The van der Waals surface area contributed by atoms with E-state index in [4.69, 9.17) is 0 Å². The molecule has 0 spiro atoms. The lowest BCUT2D eigenvalue weighted by atomic mass is 9.79. The average molecular weight is 343 g/mol. The van der Waals surface area contributed by atoms with Crippen LogP contribution in [0, 0.1) is 0 Å². The van der Waals surface area contributed by atoms with Gasteiger partial charge in [0.2, 0.25) is 5.91 Å². The molecular weight excluding hydrogens is 325 g/mol. The van der Waals surface area contributed by atoms with Crippen molar-refractivity contribution in [2.75, 3.05) is 16.4 Å². The number of carbonyl (C=O) groups excluding carboxylic acids is 1. The van der Waals surface area contributed by atoms with Gasteiger partial charge in [-0.3, -0.25) is 4.79 Å². The second kappa shape index (κ2) is 4.96. The maximum atomic E-state index is 12.5. The van der Waals surface area contributed by atoms with Crippen molar-refractivity contribution in [1.29, 1.82) is 0 Å². The first-order chi connectivity index (χ1) is 8.17. The Morgan fingerprint density at radius 2 is 2.06 bits per heavy atom. The Morgan fingerprint density at radius 1 is 1.35 bits per heavy atom. The number of fused-ring (bicyclic) bond motifs is 1. The lowest BCUT2D eigenvalue weighted by Gasteiger charge is -2.25. The normalized spacial score (nSPS) is 23.0. The number of nitrogens with zero attached hydrogens (tertiary/aromatic N) is 1. The van der Waals surface area contributed by atoms with Gasteiger partial charge in [-0.15, -0.1) is 0 Å². The first-order valence-electron chi connectivity index (χ1n) is 6.11. The standard InChI is InChI=1S/C14H18INO/c1-3-4-9-14(10-15)11-7-5-6-8-12(11)16(2)13(14)17/h5-8H,3-4,9-10H2,1-2H3. The molecule has 1 atom stereocenters. The Kier molecular flexibility index (Phi) is 3.76. The molecule has 92 valence electrons. The van der Waals surface area contributed by atoms with Crippen molar-refractivity contribution in [2.45, 2.75) is 31.6 Å². The first-order valence-corrected chi connectivity index (χ1v) is 7.63. The van der Waals surface area contributed by atoms with Crippen LogP contribution in [0.2, 0.25) is 0 Å². The summed E-state index contributed by atoms with van der Waals surface area (Å²) in [7, 11) is 1.89. The van der Waals surface area contributed by atoms with Gasteiger partial charge in [-0.05, 0) is 18.1 Å². The maximum absolute atomic E-state index is 12.5. The van der Waals surface area contributed by atoms with Gasteiger partial charge in [-0.1, -0.05) is 60.6 Å². The van der Waals surface area contributed by atoms with Gasteiger partial charge in [-0.25, -0.2) is 0 Å². The Bertz CT molecular complexity index is 432. The Balaban J connectivity index is 2.49. The fraction of sp³-hybridized carbons (Fsp3) is 0.500. The van der Waals surface area contributed by atoms with Gasteiger partial charge >= 0.3 is 0 Å². The van der Waals surface area contributed by atoms with Crippen LogP contribution in [0.3, 0.4) is 0 Å². The number of alkyl halides is 1. The molecule has 1 aromatic rings. The topological polar surface area (TPSA) is 20.3 Å². The van der Waals surface area contributed by atoms with Crippen molar-refractivity contribution in [3.05, 3.63) is 29.8 Å². The molecule has 1 aromatic carbocycles. The number of amides is 1. The zero-order chi connectivity index (χ0) is 12.5. The third-order valence-electron chi connectivity index (χ3n) is 3.68. The molecule has 17 heavy (non-hydrogen) atoms. The van der Waals surface area contributed by atoms with E-state index in [1.807, 2.05) is 30.1 Å². The highest BCUT2D eigenvalue weighted by Crippen LogP contribution is 2.45. The summed E-state index contributed by atoms with van der Waals surface area (Å²) in [4.78, 5) is 14.4. The number of unbranched alkanes of at least 4 members (excludes halogenated alkanes) is 1.